The summed E-state index contributed by atoms with van der Waals surface area (Å²) in [6.07, 6.45) is 4.64. The third-order valence-corrected chi connectivity index (χ3v) is 3.35. The molecule has 18 heavy (non-hydrogen) atoms. The van der Waals surface area contributed by atoms with E-state index in [1.54, 1.807) is 7.11 Å². The van der Waals surface area contributed by atoms with Gasteiger partial charge in [-0.25, -0.2) is 4.98 Å². The summed E-state index contributed by atoms with van der Waals surface area (Å²) in [6.45, 7) is 6.26. The minimum atomic E-state index is 0.406. The van der Waals surface area contributed by atoms with Gasteiger partial charge in [0.25, 0.3) is 0 Å². The van der Waals surface area contributed by atoms with E-state index in [0.717, 1.165) is 44.8 Å². The molecule has 1 aromatic rings. The highest BCUT2D eigenvalue weighted by Crippen LogP contribution is 2.15. The number of ether oxygens (including phenoxy) is 1. The Kier molecular flexibility index (Phi) is 4.96. The summed E-state index contributed by atoms with van der Waals surface area (Å²) < 4.78 is 5.38. The van der Waals surface area contributed by atoms with Crippen LogP contribution in [0.25, 0.3) is 0 Å². The van der Waals surface area contributed by atoms with Gasteiger partial charge in [-0.15, -0.1) is 0 Å². The van der Waals surface area contributed by atoms with Crippen LogP contribution < -0.4 is 5.32 Å². The Hall–Kier alpha value is -1.13. The maximum atomic E-state index is 5.38. The van der Waals surface area contributed by atoms with Crippen LogP contribution in [0.3, 0.4) is 0 Å². The minimum Gasteiger partial charge on any atom is -0.380 e. The summed E-state index contributed by atoms with van der Waals surface area (Å²) in [6, 6.07) is 4.22. The number of pyridine rings is 1. The van der Waals surface area contributed by atoms with Crippen molar-refractivity contribution >= 4 is 5.82 Å². The summed E-state index contributed by atoms with van der Waals surface area (Å²) in [5, 5.41) is 3.29. The Morgan fingerprint density at radius 2 is 2.39 bits per heavy atom. The van der Waals surface area contributed by atoms with Crippen molar-refractivity contribution in [3.63, 3.8) is 0 Å². The molecule has 1 N–H and O–H groups in total. The number of nitrogens with one attached hydrogen (secondary N) is 1. The van der Waals surface area contributed by atoms with Crippen molar-refractivity contribution in [2.75, 3.05) is 32.1 Å². The van der Waals surface area contributed by atoms with Crippen molar-refractivity contribution in [1.82, 2.24) is 9.88 Å². The smallest absolute Gasteiger partial charge is 0.125 e. The molecule has 1 aliphatic heterocycles. The third-order valence-electron chi connectivity index (χ3n) is 3.35. The van der Waals surface area contributed by atoms with Crippen LogP contribution in [0, 0.1) is 0 Å². The summed E-state index contributed by atoms with van der Waals surface area (Å²) >= 11 is 0. The Labute approximate surface area is 109 Å². The topological polar surface area (TPSA) is 37.4 Å². The van der Waals surface area contributed by atoms with Crippen molar-refractivity contribution in [2.45, 2.75) is 32.4 Å². The Balaban J connectivity index is 1.83. The molecule has 2 rings (SSSR count). The van der Waals surface area contributed by atoms with Crippen LogP contribution in [0.5, 0.6) is 0 Å². The number of anilines is 1. The quantitative estimate of drug-likeness (QED) is 0.838. The zero-order valence-corrected chi connectivity index (χ0v) is 11.4. The largest absolute Gasteiger partial charge is 0.380 e. The molecule has 1 aliphatic rings. The van der Waals surface area contributed by atoms with Gasteiger partial charge in [-0.1, -0.05) is 13.0 Å². The van der Waals surface area contributed by atoms with E-state index in [-0.39, 0.29) is 0 Å². The molecule has 100 valence electrons. The predicted octanol–water partition coefficient (Wildman–Crippen LogP) is 2.12. The number of nitrogens with zero attached hydrogens (tertiary/aromatic N) is 2. The van der Waals surface area contributed by atoms with Crippen LogP contribution in [-0.2, 0) is 11.3 Å². The summed E-state index contributed by atoms with van der Waals surface area (Å²) in [7, 11) is 1.80. The maximum absolute atomic E-state index is 5.38. The molecule has 0 amide bonds. The van der Waals surface area contributed by atoms with Gasteiger partial charge in [0.2, 0.25) is 0 Å². The van der Waals surface area contributed by atoms with Crippen LogP contribution >= 0.6 is 0 Å². The molecule has 1 fully saturated rings. The Morgan fingerprint density at radius 1 is 1.50 bits per heavy atom. The molecule has 0 aliphatic carbocycles. The number of aromatic nitrogens is 1. The van der Waals surface area contributed by atoms with Crippen LogP contribution in [0.15, 0.2) is 18.3 Å². The maximum Gasteiger partial charge on any atom is 0.125 e. The first-order valence-electron chi connectivity index (χ1n) is 6.75. The van der Waals surface area contributed by atoms with Gasteiger partial charge in [0.15, 0.2) is 0 Å². The zero-order valence-electron chi connectivity index (χ0n) is 11.4. The highest BCUT2D eigenvalue weighted by Gasteiger charge is 2.21. The fourth-order valence-corrected chi connectivity index (χ4v) is 2.27. The standard InChI is InChI=1S/C14H23N3O/c1-3-7-15-14-5-4-12(9-16-14)10-17-8-6-13(11-17)18-2/h4-5,9,13H,3,6-8,10-11H2,1-2H3,(H,15,16). The second-order valence-electron chi connectivity index (χ2n) is 4.86. The first-order valence-corrected chi connectivity index (χ1v) is 6.75. The first-order chi connectivity index (χ1) is 8.81. The van der Waals surface area contributed by atoms with E-state index < -0.39 is 0 Å². The molecule has 2 heterocycles. The van der Waals surface area contributed by atoms with Crippen molar-refractivity contribution < 1.29 is 4.74 Å². The van der Waals surface area contributed by atoms with E-state index >= 15 is 0 Å². The summed E-state index contributed by atoms with van der Waals surface area (Å²) in [5.41, 5.74) is 1.27. The number of hydrogen-bond donors (Lipinski definition) is 1. The lowest BCUT2D eigenvalue weighted by atomic mass is 10.2. The second kappa shape index (κ2) is 6.71. The van der Waals surface area contributed by atoms with Gasteiger partial charge in [-0.3, -0.25) is 4.90 Å². The molecule has 0 bridgehead atoms. The van der Waals surface area contributed by atoms with E-state index in [9.17, 15) is 0 Å². The highest BCUT2D eigenvalue weighted by atomic mass is 16.5. The van der Waals surface area contributed by atoms with E-state index in [2.05, 4.69) is 34.3 Å². The Bertz CT molecular complexity index is 353. The van der Waals surface area contributed by atoms with Gasteiger partial charge >= 0.3 is 0 Å². The molecule has 1 aromatic heterocycles. The first kappa shape index (κ1) is 13.3. The molecular formula is C14H23N3O. The Morgan fingerprint density at radius 3 is 3.00 bits per heavy atom. The molecule has 1 unspecified atom stereocenters. The predicted molar refractivity (Wildman–Crippen MR) is 73.7 cm³/mol. The summed E-state index contributed by atoms with van der Waals surface area (Å²) in [4.78, 5) is 6.85. The molecular weight excluding hydrogens is 226 g/mol. The number of likely N-dealkylation sites (tertiary alicyclic amines) is 1. The van der Waals surface area contributed by atoms with E-state index in [1.165, 1.54) is 5.56 Å². The van der Waals surface area contributed by atoms with Gasteiger partial charge in [0.05, 0.1) is 6.10 Å². The average Bonchev–Trinajstić information content (AvgIpc) is 2.86. The fourth-order valence-electron chi connectivity index (χ4n) is 2.27. The lowest BCUT2D eigenvalue weighted by Gasteiger charge is -2.15. The van der Waals surface area contributed by atoms with Crippen LogP contribution in [-0.4, -0.2) is 42.7 Å². The third kappa shape index (κ3) is 3.68. The van der Waals surface area contributed by atoms with Gasteiger partial charge in [-0.2, -0.15) is 0 Å². The minimum absolute atomic E-state index is 0.406. The lowest BCUT2D eigenvalue weighted by molar-refractivity contribution is 0.107. The van der Waals surface area contributed by atoms with E-state index in [0.29, 0.717) is 6.10 Å². The number of hydrogen-bond acceptors (Lipinski definition) is 4. The highest BCUT2D eigenvalue weighted by molar-refractivity contribution is 5.35. The van der Waals surface area contributed by atoms with Crippen molar-refractivity contribution in [3.05, 3.63) is 23.9 Å². The molecule has 0 radical (unpaired) electrons. The average molecular weight is 249 g/mol. The van der Waals surface area contributed by atoms with Crippen LogP contribution in [0.1, 0.15) is 25.3 Å². The molecule has 4 heteroatoms. The summed E-state index contributed by atoms with van der Waals surface area (Å²) in [5.74, 6) is 0.969. The van der Waals surface area contributed by atoms with Gasteiger partial charge < -0.3 is 10.1 Å². The molecule has 1 saturated heterocycles. The zero-order chi connectivity index (χ0) is 12.8. The molecule has 1 atom stereocenters. The van der Waals surface area contributed by atoms with E-state index in [4.69, 9.17) is 4.74 Å². The monoisotopic (exact) mass is 249 g/mol. The van der Waals surface area contributed by atoms with E-state index in [1.807, 2.05) is 6.20 Å². The molecule has 0 aromatic carbocycles. The van der Waals surface area contributed by atoms with Crippen LogP contribution in [0.4, 0.5) is 5.82 Å². The van der Waals surface area contributed by atoms with Gasteiger partial charge in [0.1, 0.15) is 5.82 Å². The SMILES string of the molecule is CCCNc1ccc(CN2CCC(OC)C2)cn1. The molecule has 0 saturated carbocycles. The van der Waals surface area contributed by atoms with Crippen LogP contribution in [0.2, 0.25) is 0 Å². The van der Waals surface area contributed by atoms with Gasteiger partial charge in [0, 0.05) is 39.5 Å². The normalized spacial score (nSPS) is 20.2. The molecule has 0 spiro atoms. The second-order valence-corrected chi connectivity index (χ2v) is 4.86. The van der Waals surface area contributed by atoms with Gasteiger partial charge in [-0.05, 0) is 24.5 Å². The number of rotatable bonds is 6. The molecule has 4 nitrogen and oxygen atoms in total. The van der Waals surface area contributed by atoms with Crippen molar-refractivity contribution in [2.24, 2.45) is 0 Å². The fraction of sp³-hybridized carbons (Fsp3) is 0.643. The number of methoxy groups -OCH3 is 1. The van der Waals surface area contributed by atoms with Crippen molar-refractivity contribution in [3.8, 4) is 0 Å². The lowest BCUT2D eigenvalue weighted by Crippen LogP contribution is -2.22. The van der Waals surface area contributed by atoms with Crippen molar-refractivity contribution in [1.29, 1.82) is 0 Å².